The minimum absolute atomic E-state index is 0.169. The van der Waals surface area contributed by atoms with Gasteiger partial charge in [0.15, 0.2) is 0 Å². The van der Waals surface area contributed by atoms with Gasteiger partial charge in [-0.3, -0.25) is 9.80 Å². The summed E-state index contributed by atoms with van der Waals surface area (Å²) in [5.74, 6) is 0. The molecule has 1 aliphatic rings. The van der Waals surface area contributed by atoms with E-state index in [9.17, 15) is 13.2 Å². The Morgan fingerprint density at radius 3 is 1.87 bits per heavy atom. The van der Waals surface area contributed by atoms with Crippen molar-refractivity contribution in [1.29, 1.82) is 0 Å². The van der Waals surface area contributed by atoms with E-state index >= 15 is 0 Å². The number of benzene rings is 1. The topological polar surface area (TPSA) is 6.48 Å². The Hall–Kier alpha value is -1.07. The number of hydrogen-bond donors (Lipinski definition) is 0. The molecule has 1 saturated heterocycles. The van der Waals surface area contributed by atoms with E-state index in [4.69, 9.17) is 0 Å². The first-order valence-corrected chi connectivity index (χ1v) is 8.29. The molecule has 0 bridgehead atoms. The van der Waals surface area contributed by atoms with Gasteiger partial charge in [0.25, 0.3) is 0 Å². The molecule has 5 heteroatoms. The Balaban J connectivity index is 2.06. The van der Waals surface area contributed by atoms with Crippen molar-refractivity contribution in [3.05, 3.63) is 35.4 Å². The van der Waals surface area contributed by atoms with Crippen LogP contribution < -0.4 is 0 Å². The van der Waals surface area contributed by atoms with Crippen molar-refractivity contribution in [3.8, 4) is 0 Å². The molecule has 1 atom stereocenters. The summed E-state index contributed by atoms with van der Waals surface area (Å²) in [7, 11) is 0. The van der Waals surface area contributed by atoms with Crippen molar-refractivity contribution in [2.75, 3.05) is 26.2 Å². The van der Waals surface area contributed by atoms with Crippen LogP contribution in [0.25, 0.3) is 0 Å². The fourth-order valence-corrected chi connectivity index (χ4v) is 3.30. The maximum absolute atomic E-state index is 12.7. The van der Waals surface area contributed by atoms with E-state index in [1.807, 2.05) is 0 Å². The summed E-state index contributed by atoms with van der Waals surface area (Å²) in [6, 6.07) is 5.85. The van der Waals surface area contributed by atoms with Crippen LogP contribution in [0.4, 0.5) is 13.2 Å². The minimum atomic E-state index is -4.27. The second-order valence-corrected chi connectivity index (χ2v) is 7.24. The van der Waals surface area contributed by atoms with Crippen LogP contribution in [-0.2, 0) is 6.18 Å². The lowest BCUT2D eigenvalue weighted by molar-refractivity contribution is -0.137. The summed E-state index contributed by atoms with van der Waals surface area (Å²) in [6.45, 7) is 12.7. The monoisotopic (exact) mass is 328 g/mol. The first kappa shape index (κ1) is 18.3. The zero-order valence-corrected chi connectivity index (χ0v) is 14.5. The van der Waals surface area contributed by atoms with Crippen LogP contribution >= 0.6 is 0 Å². The molecular weight excluding hydrogens is 301 g/mol. The van der Waals surface area contributed by atoms with Crippen LogP contribution in [0.5, 0.6) is 0 Å². The van der Waals surface area contributed by atoms with Crippen LogP contribution in [-0.4, -0.2) is 41.5 Å². The molecule has 0 N–H and O–H groups in total. The van der Waals surface area contributed by atoms with E-state index in [0.717, 1.165) is 38.2 Å². The third-order valence-electron chi connectivity index (χ3n) is 4.71. The van der Waals surface area contributed by atoms with Crippen LogP contribution in [0.3, 0.4) is 0 Å². The van der Waals surface area contributed by atoms with Crippen LogP contribution in [0.15, 0.2) is 24.3 Å². The Labute approximate surface area is 137 Å². The van der Waals surface area contributed by atoms with Crippen molar-refractivity contribution in [2.45, 2.75) is 51.9 Å². The highest BCUT2D eigenvalue weighted by Crippen LogP contribution is 2.32. The van der Waals surface area contributed by atoms with Gasteiger partial charge in [-0.25, -0.2) is 0 Å². The van der Waals surface area contributed by atoms with Crippen molar-refractivity contribution in [3.63, 3.8) is 0 Å². The van der Waals surface area contributed by atoms with Gasteiger partial charge < -0.3 is 0 Å². The predicted octanol–water partition coefficient (Wildman–Crippen LogP) is 4.57. The molecule has 2 rings (SSSR count). The SMILES string of the molecule is CC[C@@H](c1ccc(C(F)(F)F)cc1)N1CCN(C(C)(C)C)CC1. The van der Waals surface area contributed by atoms with Crippen molar-refractivity contribution >= 4 is 0 Å². The lowest BCUT2D eigenvalue weighted by Gasteiger charge is -2.44. The largest absolute Gasteiger partial charge is 0.416 e. The quantitative estimate of drug-likeness (QED) is 0.802. The minimum Gasteiger partial charge on any atom is -0.296 e. The highest BCUT2D eigenvalue weighted by atomic mass is 19.4. The molecule has 0 unspecified atom stereocenters. The number of nitrogens with zero attached hydrogens (tertiary/aromatic N) is 2. The highest BCUT2D eigenvalue weighted by Gasteiger charge is 2.32. The van der Waals surface area contributed by atoms with E-state index in [2.05, 4.69) is 37.5 Å². The Morgan fingerprint density at radius 2 is 1.48 bits per heavy atom. The lowest BCUT2D eigenvalue weighted by Crippen LogP contribution is -2.53. The maximum Gasteiger partial charge on any atom is 0.416 e. The predicted molar refractivity (Wildman–Crippen MR) is 87.4 cm³/mol. The molecular formula is C18H27F3N2. The van der Waals surface area contributed by atoms with Gasteiger partial charge in [-0.15, -0.1) is 0 Å². The van der Waals surface area contributed by atoms with Gasteiger partial charge in [0.1, 0.15) is 0 Å². The molecule has 2 nitrogen and oxygen atoms in total. The third-order valence-corrected chi connectivity index (χ3v) is 4.71. The molecule has 0 spiro atoms. The fourth-order valence-electron chi connectivity index (χ4n) is 3.30. The van der Waals surface area contributed by atoms with E-state index in [1.165, 1.54) is 12.1 Å². The highest BCUT2D eigenvalue weighted by molar-refractivity contribution is 5.27. The Morgan fingerprint density at radius 1 is 0.957 bits per heavy atom. The van der Waals surface area contributed by atoms with Gasteiger partial charge in [0.05, 0.1) is 5.56 Å². The maximum atomic E-state index is 12.7. The van der Waals surface area contributed by atoms with E-state index < -0.39 is 11.7 Å². The molecule has 0 radical (unpaired) electrons. The van der Waals surface area contributed by atoms with Gasteiger partial charge >= 0.3 is 6.18 Å². The molecule has 130 valence electrons. The fraction of sp³-hybridized carbons (Fsp3) is 0.667. The molecule has 0 aromatic heterocycles. The summed E-state index contributed by atoms with van der Waals surface area (Å²) >= 11 is 0. The van der Waals surface area contributed by atoms with E-state index in [-0.39, 0.29) is 11.6 Å². The summed E-state index contributed by atoms with van der Waals surface area (Å²) in [6.07, 6.45) is -3.36. The Kier molecular flexibility index (Phi) is 5.41. The van der Waals surface area contributed by atoms with Gasteiger partial charge in [0.2, 0.25) is 0 Å². The first-order valence-electron chi connectivity index (χ1n) is 8.29. The van der Waals surface area contributed by atoms with Crippen molar-refractivity contribution in [1.82, 2.24) is 9.80 Å². The van der Waals surface area contributed by atoms with Crippen molar-refractivity contribution < 1.29 is 13.2 Å². The average molecular weight is 328 g/mol. The molecule has 23 heavy (non-hydrogen) atoms. The third kappa shape index (κ3) is 4.48. The smallest absolute Gasteiger partial charge is 0.296 e. The molecule has 1 aliphatic heterocycles. The average Bonchev–Trinajstić information content (AvgIpc) is 2.47. The second kappa shape index (κ2) is 6.81. The molecule has 1 aromatic carbocycles. The van der Waals surface area contributed by atoms with Crippen molar-refractivity contribution in [2.24, 2.45) is 0 Å². The normalized spacial score (nSPS) is 19.8. The first-order chi connectivity index (χ1) is 10.6. The van der Waals surface area contributed by atoms with Gasteiger partial charge in [0, 0.05) is 37.8 Å². The molecule has 0 saturated carbocycles. The number of piperazine rings is 1. The van der Waals surface area contributed by atoms with Crippen LogP contribution in [0.2, 0.25) is 0 Å². The summed E-state index contributed by atoms with van der Waals surface area (Å²) in [5.41, 5.74) is 0.570. The molecule has 1 fully saturated rings. The lowest BCUT2D eigenvalue weighted by atomic mass is 9.99. The number of alkyl halides is 3. The number of rotatable bonds is 3. The second-order valence-electron chi connectivity index (χ2n) is 7.24. The van der Waals surface area contributed by atoms with E-state index in [0.29, 0.717) is 0 Å². The zero-order valence-electron chi connectivity index (χ0n) is 14.5. The van der Waals surface area contributed by atoms with E-state index in [1.54, 1.807) is 12.1 Å². The number of halogens is 3. The molecule has 1 heterocycles. The van der Waals surface area contributed by atoms with Gasteiger partial charge in [-0.1, -0.05) is 19.1 Å². The number of hydrogen-bond acceptors (Lipinski definition) is 2. The summed E-state index contributed by atoms with van der Waals surface area (Å²) < 4.78 is 38.1. The Bertz CT molecular complexity index is 494. The standard InChI is InChI=1S/C18H27F3N2/c1-5-16(14-6-8-15(9-7-14)18(19,20)21)22-10-12-23(13-11-22)17(2,3)4/h6-9,16H,5,10-13H2,1-4H3/t16-/m0/s1. The van der Waals surface area contributed by atoms with Crippen LogP contribution in [0, 0.1) is 0 Å². The van der Waals surface area contributed by atoms with Gasteiger partial charge in [-0.2, -0.15) is 13.2 Å². The van der Waals surface area contributed by atoms with Gasteiger partial charge in [-0.05, 0) is 44.9 Å². The summed E-state index contributed by atoms with van der Waals surface area (Å²) in [5, 5.41) is 0. The molecule has 1 aromatic rings. The zero-order chi connectivity index (χ0) is 17.3. The van der Waals surface area contributed by atoms with Crippen LogP contribution in [0.1, 0.15) is 51.3 Å². The summed E-state index contributed by atoms with van der Waals surface area (Å²) in [4.78, 5) is 4.85. The molecule has 0 aliphatic carbocycles. The molecule has 0 amide bonds.